The molecule has 0 aromatic heterocycles. The van der Waals surface area contributed by atoms with Gasteiger partial charge in [0, 0.05) is 19.3 Å². The summed E-state index contributed by atoms with van der Waals surface area (Å²) in [6.45, 7) is 9.65. The number of nitrogens with one attached hydrogen (secondary N) is 1. The van der Waals surface area contributed by atoms with Gasteiger partial charge in [0.2, 0.25) is 0 Å². The van der Waals surface area contributed by atoms with E-state index in [4.69, 9.17) is 14.0 Å². The second-order valence-corrected chi connectivity index (χ2v) is 7.54. The first-order chi connectivity index (χ1) is 11.3. The Morgan fingerprint density at radius 1 is 1.12 bits per heavy atom. The zero-order chi connectivity index (χ0) is 17.4. The molecule has 3 rings (SSSR count). The Morgan fingerprint density at radius 2 is 1.75 bits per heavy atom. The number of hydrogen-bond acceptors (Lipinski definition) is 5. The largest absolute Gasteiger partial charge is 0.494 e. The highest BCUT2D eigenvalue weighted by atomic mass is 16.7. The van der Waals surface area contributed by atoms with Crippen molar-refractivity contribution in [2.75, 3.05) is 18.5 Å². The Kier molecular flexibility index (Phi) is 4.61. The minimum Gasteiger partial charge on any atom is -0.399 e. The third kappa shape index (κ3) is 3.30. The molecule has 0 saturated carbocycles. The molecule has 2 heterocycles. The van der Waals surface area contributed by atoms with Gasteiger partial charge in [0.15, 0.2) is 0 Å². The first kappa shape index (κ1) is 17.3. The van der Waals surface area contributed by atoms with Crippen LogP contribution in [0.2, 0.25) is 0 Å². The Bertz CT molecular complexity index is 632. The zero-order valence-electron chi connectivity index (χ0n) is 14.9. The molecule has 24 heavy (non-hydrogen) atoms. The summed E-state index contributed by atoms with van der Waals surface area (Å²) in [6.07, 6.45) is 1.92. The number of rotatable bonds is 3. The van der Waals surface area contributed by atoms with Crippen LogP contribution in [0.1, 0.15) is 46.1 Å². The summed E-state index contributed by atoms with van der Waals surface area (Å²) >= 11 is 0. The van der Waals surface area contributed by atoms with Crippen molar-refractivity contribution in [1.82, 2.24) is 0 Å². The average Bonchev–Trinajstić information content (AvgIpc) is 2.77. The second kappa shape index (κ2) is 6.40. The summed E-state index contributed by atoms with van der Waals surface area (Å²) < 4.78 is 17.5. The Labute approximate surface area is 144 Å². The Hall–Kier alpha value is -1.55. The lowest BCUT2D eigenvalue weighted by molar-refractivity contribution is 0.00578. The molecule has 2 aliphatic rings. The van der Waals surface area contributed by atoms with E-state index in [1.165, 1.54) is 0 Å². The van der Waals surface area contributed by atoms with Crippen LogP contribution in [-0.4, -0.2) is 37.6 Å². The van der Waals surface area contributed by atoms with Gasteiger partial charge in [-0.25, -0.2) is 0 Å². The number of nitrogens with zero attached hydrogens (tertiary/aromatic N) is 1. The molecule has 2 saturated heterocycles. The standard InChI is InChI=1S/C18H25BN2O3/c1-17(2)18(3,4)24-19(23-17)14-5-6-16(13(11-14)12-20)21-15-7-9-22-10-8-15/h5-6,11,15,21H,7-10H2,1-4H3. The number of benzene rings is 1. The molecular weight excluding hydrogens is 303 g/mol. The minimum absolute atomic E-state index is 0.355. The molecule has 128 valence electrons. The molecule has 0 bridgehead atoms. The highest BCUT2D eigenvalue weighted by Gasteiger charge is 2.51. The zero-order valence-corrected chi connectivity index (χ0v) is 14.9. The minimum atomic E-state index is -0.445. The molecule has 6 heteroatoms. The van der Waals surface area contributed by atoms with E-state index >= 15 is 0 Å². The van der Waals surface area contributed by atoms with Crippen molar-refractivity contribution in [3.63, 3.8) is 0 Å². The fourth-order valence-electron chi connectivity index (χ4n) is 2.97. The molecule has 1 N–H and O–H groups in total. The van der Waals surface area contributed by atoms with Gasteiger partial charge in [-0.2, -0.15) is 5.26 Å². The van der Waals surface area contributed by atoms with E-state index < -0.39 is 7.12 Å². The van der Waals surface area contributed by atoms with Gasteiger partial charge in [0.05, 0.1) is 22.5 Å². The summed E-state index contributed by atoms with van der Waals surface area (Å²) in [6, 6.07) is 8.44. The highest BCUT2D eigenvalue weighted by Crippen LogP contribution is 2.36. The lowest BCUT2D eigenvalue weighted by Crippen LogP contribution is -2.41. The number of hydrogen-bond donors (Lipinski definition) is 1. The van der Waals surface area contributed by atoms with Gasteiger partial charge in [-0.05, 0) is 58.1 Å². The summed E-state index contributed by atoms with van der Waals surface area (Å²) in [7, 11) is -0.445. The molecule has 5 nitrogen and oxygen atoms in total. The quantitative estimate of drug-likeness (QED) is 0.864. The van der Waals surface area contributed by atoms with Crippen LogP contribution in [-0.2, 0) is 14.0 Å². The Balaban J connectivity index is 1.78. The lowest BCUT2D eigenvalue weighted by atomic mass is 9.78. The fraction of sp³-hybridized carbons (Fsp3) is 0.611. The van der Waals surface area contributed by atoms with E-state index in [1.54, 1.807) is 0 Å². The van der Waals surface area contributed by atoms with Gasteiger partial charge in [-0.15, -0.1) is 0 Å². The van der Waals surface area contributed by atoms with Crippen molar-refractivity contribution in [3.05, 3.63) is 23.8 Å². The maximum Gasteiger partial charge on any atom is 0.494 e. The maximum absolute atomic E-state index is 9.52. The molecule has 2 aliphatic heterocycles. The summed E-state index contributed by atoms with van der Waals surface area (Å²) in [5.74, 6) is 0. The summed E-state index contributed by atoms with van der Waals surface area (Å²) in [5, 5.41) is 13.0. The van der Waals surface area contributed by atoms with Crippen LogP contribution in [0, 0.1) is 11.3 Å². The van der Waals surface area contributed by atoms with Crippen LogP contribution < -0.4 is 10.8 Å². The molecular formula is C18H25BN2O3. The molecule has 0 spiro atoms. The van der Waals surface area contributed by atoms with Gasteiger partial charge < -0.3 is 19.4 Å². The van der Waals surface area contributed by atoms with Crippen molar-refractivity contribution >= 4 is 18.3 Å². The van der Waals surface area contributed by atoms with Gasteiger partial charge in [-0.3, -0.25) is 0 Å². The van der Waals surface area contributed by atoms with E-state index in [0.29, 0.717) is 11.6 Å². The van der Waals surface area contributed by atoms with Gasteiger partial charge in [0.25, 0.3) is 0 Å². The van der Waals surface area contributed by atoms with E-state index in [-0.39, 0.29) is 11.2 Å². The van der Waals surface area contributed by atoms with Gasteiger partial charge in [0.1, 0.15) is 6.07 Å². The molecule has 2 fully saturated rings. The van der Waals surface area contributed by atoms with Crippen LogP contribution in [0.15, 0.2) is 18.2 Å². The van der Waals surface area contributed by atoms with Crippen LogP contribution in [0.25, 0.3) is 0 Å². The normalized spacial score (nSPS) is 23.0. The van der Waals surface area contributed by atoms with Crippen molar-refractivity contribution in [2.24, 2.45) is 0 Å². The predicted molar refractivity (Wildman–Crippen MR) is 94.3 cm³/mol. The van der Waals surface area contributed by atoms with Crippen molar-refractivity contribution < 1.29 is 14.0 Å². The molecule has 1 aromatic rings. The SMILES string of the molecule is CC1(C)OB(c2ccc(NC3CCOCC3)c(C#N)c2)OC1(C)C. The van der Waals surface area contributed by atoms with Gasteiger partial charge >= 0.3 is 7.12 Å². The van der Waals surface area contributed by atoms with Crippen LogP contribution >= 0.6 is 0 Å². The predicted octanol–water partition coefficient (Wildman–Crippen LogP) is 2.45. The van der Waals surface area contributed by atoms with Crippen LogP contribution in [0.5, 0.6) is 0 Å². The van der Waals surface area contributed by atoms with Crippen molar-refractivity contribution in [1.29, 1.82) is 5.26 Å². The fourth-order valence-corrected chi connectivity index (χ4v) is 2.97. The molecule has 0 unspecified atom stereocenters. The molecule has 0 aliphatic carbocycles. The first-order valence-corrected chi connectivity index (χ1v) is 8.56. The summed E-state index contributed by atoms with van der Waals surface area (Å²) in [4.78, 5) is 0. The first-order valence-electron chi connectivity index (χ1n) is 8.56. The van der Waals surface area contributed by atoms with Crippen LogP contribution in [0.4, 0.5) is 5.69 Å². The number of anilines is 1. The van der Waals surface area contributed by atoms with E-state index in [2.05, 4.69) is 11.4 Å². The monoisotopic (exact) mass is 328 g/mol. The van der Waals surface area contributed by atoms with Crippen LogP contribution in [0.3, 0.4) is 0 Å². The third-order valence-corrected chi connectivity index (χ3v) is 5.27. The van der Waals surface area contributed by atoms with Gasteiger partial charge in [-0.1, -0.05) is 6.07 Å². The molecule has 0 atom stereocenters. The summed E-state index contributed by atoms with van der Waals surface area (Å²) in [5.41, 5.74) is 1.59. The number of ether oxygens (including phenoxy) is 1. The second-order valence-electron chi connectivity index (χ2n) is 7.54. The third-order valence-electron chi connectivity index (χ3n) is 5.27. The van der Waals surface area contributed by atoms with Crippen molar-refractivity contribution in [2.45, 2.75) is 57.8 Å². The lowest BCUT2D eigenvalue weighted by Gasteiger charge is -2.32. The Morgan fingerprint density at radius 3 is 2.33 bits per heavy atom. The molecule has 0 amide bonds. The van der Waals surface area contributed by atoms with E-state index in [0.717, 1.165) is 37.2 Å². The average molecular weight is 328 g/mol. The van der Waals surface area contributed by atoms with E-state index in [9.17, 15) is 5.26 Å². The maximum atomic E-state index is 9.52. The van der Waals surface area contributed by atoms with E-state index in [1.807, 2.05) is 45.9 Å². The van der Waals surface area contributed by atoms with Crippen molar-refractivity contribution in [3.8, 4) is 6.07 Å². The molecule has 1 aromatic carbocycles. The smallest absolute Gasteiger partial charge is 0.399 e. The highest BCUT2D eigenvalue weighted by molar-refractivity contribution is 6.62. The molecule has 0 radical (unpaired) electrons. The topological polar surface area (TPSA) is 63.5 Å². The number of nitriles is 1.